The first-order chi connectivity index (χ1) is 7.37. The van der Waals surface area contributed by atoms with Gasteiger partial charge in [-0.15, -0.1) is 0 Å². The number of aliphatic carboxylic acids is 1. The minimum absolute atomic E-state index is 0.0731. The summed E-state index contributed by atoms with van der Waals surface area (Å²) >= 11 is 0. The number of carboxylic acid groups (broad SMARTS) is 1. The van der Waals surface area contributed by atoms with Gasteiger partial charge in [0.05, 0.1) is 16.9 Å². The molecule has 1 rings (SSSR count). The predicted molar refractivity (Wildman–Crippen MR) is 53.0 cm³/mol. The summed E-state index contributed by atoms with van der Waals surface area (Å²) in [6.07, 6.45) is 3.49. The average molecular weight is 226 g/mol. The van der Waals surface area contributed by atoms with Crippen molar-refractivity contribution >= 4 is 11.9 Å². The van der Waals surface area contributed by atoms with Crippen molar-refractivity contribution in [2.45, 2.75) is 19.0 Å². The zero-order valence-electron chi connectivity index (χ0n) is 8.47. The summed E-state index contributed by atoms with van der Waals surface area (Å²) in [7, 11) is 0. The summed E-state index contributed by atoms with van der Waals surface area (Å²) < 4.78 is 0. The van der Waals surface area contributed by atoms with E-state index >= 15 is 0 Å². The fourth-order valence-electron chi connectivity index (χ4n) is 1.43. The fourth-order valence-corrected chi connectivity index (χ4v) is 1.43. The summed E-state index contributed by atoms with van der Waals surface area (Å²) in [5.74, 6) is -1.86. The van der Waals surface area contributed by atoms with Crippen LogP contribution < -0.4 is 5.32 Å². The summed E-state index contributed by atoms with van der Waals surface area (Å²) in [6, 6.07) is 0. The molecule has 0 aromatic rings. The van der Waals surface area contributed by atoms with E-state index < -0.39 is 22.5 Å². The van der Waals surface area contributed by atoms with Gasteiger partial charge in [-0.1, -0.05) is 12.2 Å². The van der Waals surface area contributed by atoms with Crippen molar-refractivity contribution in [2.24, 2.45) is 0 Å². The van der Waals surface area contributed by atoms with Crippen LogP contribution in [-0.2, 0) is 9.59 Å². The monoisotopic (exact) mass is 226 g/mol. The average Bonchev–Trinajstić information content (AvgIpc) is 2.16. The quantitative estimate of drug-likeness (QED) is 0.402. The molecular weight excluding hydrogens is 216 g/mol. The van der Waals surface area contributed by atoms with Crippen LogP contribution in [0.5, 0.6) is 0 Å². The minimum Gasteiger partial charge on any atom is -0.478 e. The van der Waals surface area contributed by atoms with Crippen molar-refractivity contribution < 1.29 is 19.6 Å². The van der Waals surface area contributed by atoms with Gasteiger partial charge in [-0.25, -0.2) is 4.79 Å². The van der Waals surface area contributed by atoms with E-state index in [9.17, 15) is 19.7 Å². The molecule has 1 amide bonds. The van der Waals surface area contributed by atoms with Crippen LogP contribution in [0.25, 0.3) is 0 Å². The van der Waals surface area contributed by atoms with E-state index in [0.717, 1.165) is 13.0 Å². The number of carbonyl (C=O) groups is 2. The highest BCUT2D eigenvalue weighted by molar-refractivity contribution is 5.90. The summed E-state index contributed by atoms with van der Waals surface area (Å²) in [6.45, 7) is 1.14. The van der Waals surface area contributed by atoms with Gasteiger partial charge in [0.15, 0.2) is 0 Å². The lowest BCUT2D eigenvalue weighted by atomic mass is 9.96. The minimum atomic E-state index is -1.85. The maximum Gasteiger partial charge on any atom is 0.335 e. The Morgan fingerprint density at radius 2 is 2.25 bits per heavy atom. The molecule has 0 aliphatic heterocycles. The lowest BCUT2D eigenvalue weighted by molar-refractivity contribution is -0.559. The van der Waals surface area contributed by atoms with Crippen molar-refractivity contribution in [1.82, 2.24) is 5.32 Å². The molecule has 1 unspecified atom stereocenters. The highest BCUT2D eigenvalue weighted by Gasteiger charge is 2.42. The van der Waals surface area contributed by atoms with Gasteiger partial charge in [-0.3, -0.25) is 20.2 Å². The third-order valence-electron chi connectivity index (χ3n) is 2.09. The summed E-state index contributed by atoms with van der Waals surface area (Å²) in [4.78, 5) is 31.8. The fraction of sp³-hybridized carbons (Fsp3) is 0.333. The predicted octanol–water partition coefficient (Wildman–Crippen LogP) is 0.0664. The largest absolute Gasteiger partial charge is 0.478 e. The van der Waals surface area contributed by atoms with Crippen molar-refractivity contribution in [3.63, 3.8) is 0 Å². The number of hydrogen-bond acceptors (Lipinski definition) is 4. The highest BCUT2D eigenvalue weighted by Crippen LogP contribution is 2.22. The van der Waals surface area contributed by atoms with Crippen molar-refractivity contribution in [3.8, 4) is 0 Å². The van der Waals surface area contributed by atoms with Gasteiger partial charge in [-0.05, 0) is 0 Å². The van der Waals surface area contributed by atoms with E-state index in [-0.39, 0.29) is 12.0 Å². The third kappa shape index (κ3) is 2.25. The number of hydrogen-bond donors (Lipinski definition) is 2. The van der Waals surface area contributed by atoms with E-state index in [1.54, 1.807) is 0 Å². The Labute approximate surface area is 90.6 Å². The molecule has 7 heteroatoms. The first-order valence-corrected chi connectivity index (χ1v) is 4.43. The molecule has 0 aromatic heterocycles. The number of nitrogens with zero attached hydrogens (tertiary/aromatic N) is 1. The second kappa shape index (κ2) is 4.13. The molecule has 0 spiro atoms. The maximum atomic E-state index is 10.9. The van der Waals surface area contributed by atoms with Crippen molar-refractivity contribution in [1.29, 1.82) is 0 Å². The number of rotatable bonds is 3. The Bertz CT molecular complexity index is 412. The van der Waals surface area contributed by atoms with E-state index in [2.05, 4.69) is 5.32 Å². The van der Waals surface area contributed by atoms with Gasteiger partial charge >= 0.3 is 11.6 Å². The molecular formula is C9H10N2O5. The molecule has 0 saturated carbocycles. The van der Waals surface area contributed by atoms with Crippen LogP contribution in [0.3, 0.4) is 0 Å². The van der Waals surface area contributed by atoms with E-state index in [1.165, 1.54) is 12.2 Å². The maximum absolute atomic E-state index is 10.9. The molecule has 1 aliphatic rings. The van der Waals surface area contributed by atoms with E-state index in [4.69, 9.17) is 5.11 Å². The molecule has 0 radical (unpaired) electrons. The van der Waals surface area contributed by atoms with Crippen LogP contribution in [0.1, 0.15) is 13.3 Å². The van der Waals surface area contributed by atoms with Crippen LogP contribution in [0.4, 0.5) is 0 Å². The number of nitrogens with one attached hydrogen (secondary N) is 1. The number of carbonyl (C=O) groups excluding carboxylic acids is 1. The molecule has 0 heterocycles. The van der Waals surface area contributed by atoms with Crippen LogP contribution in [0, 0.1) is 10.1 Å². The van der Waals surface area contributed by atoms with Crippen molar-refractivity contribution in [2.75, 3.05) is 0 Å². The van der Waals surface area contributed by atoms with E-state index in [1.807, 2.05) is 0 Å². The second-order valence-corrected chi connectivity index (χ2v) is 3.37. The topological polar surface area (TPSA) is 110 Å². The normalized spacial score (nSPS) is 23.4. The summed E-state index contributed by atoms with van der Waals surface area (Å²) in [5, 5.41) is 21.8. The van der Waals surface area contributed by atoms with Gasteiger partial charge in [0.2, 0.25) is 5.91 Å². The zero-order valence-corrected chi connectivity index (χ0v) is 8.47. The molecule has 0 aromatic carbocycles. The van der Waals surface area contributed by atoms with Gasteiger partial charge < -0.3 is 5.11 Å². The second-order valence-electron chi connectivity index (χ2n) is 3.37. The van der Waals surface area contributed by atoms with Crippen LogP contribution in [-0.4, -0.2) is 27.6 Å². The molecule has 1 atom stereocenters. The lowest BCUT2D eigenvalue weighted by Gasteiger charge is -2.23. The molecule has 0 saturated heterocycles. The first kappa shape index (κ1) is 11.9. The highest BCUT2D eigenvalue weighted by atomic mass is 16.6. The SMILES string of the molecule is CC(=O)NC1([N+](=O)[O-])C=C(C(=O)O)C=CC1. The van der Waals surface area contributed by atoms with Gasteiger partial charge in [0, 0.05) is 13.0 Å². The standard InChI is InChI=1S/C9H10N2O5/c1-6(12)10-9(11(15)16)4-2-3-7(5-9)8(13)14/h2-3,5H,4H2,1H3,(H,10,12)(H,13,14). The molecule has 1 aliphatic carbocycles. The van der Waals surface area contributed by atoms with Crippen molar-refractivity contribution in [3.05, 3.63) is 33.9 Å². The zero-order chi connectivity index (χ0) is 12.3. The molecule has 86 valence electrons. The Balaban J connectivity index is 3.13. The Hall–Kier alpha value is -2.18. The Morgan fingerprint density at radius 1 is 1.62 bits per heavy atom. The first-order valence-electron chi connectivity index (χ1n) is 4.43. The Kier molecular flexibility index (Phi) is 3.07. The van der Waals surface area contributed by atoms with Crippen LogP contribution in [0.2, 0.25) is 0 Å². The number of carboxylic acids is 1. The molecule has 16 heavy (non-hydrogen) atoms. The number of amides is 1. The molecule has 7 nitrogen and oxygen atoms in total. The molecule has 0 fully saturated rings. The molecule has 0 bridgehead atoms. The third-order valence-corrected chi connectivity index (χ3v) is 2.09. The van der Waals surface area contributed by atoms with E-state index in [0.29, 0.717) is 0 Å². The van der Waals surface area contributed by atoms with Gasteiger partial charge in [-0.2, -0.15) is 0 Å². The lowest BCUT2D eigenvalue weighted by Crippen LogP contribution is -2.53. The Morgan fingerprint density at radius 3 is 2.69 bits per heavy atom. The smallest absolute Gasteiger partial charge is 0.335 e. The summed E-state index contributed by atoms with van der Waals surface area (Å²) in [5.41, 5.74) is -2.06. The number of nitro groups is 1. The van der Waals surface area contributed by atoms with Gasteiger partial charge in [0.1, 0.15) is 0 Å². The van der Waals surface area contributed by atoms with Crippen LogP contribution in [0.15, 0.2) is 23.8 Å². The van der Waals surface area contributed by atoms with Crippen LogP contribution >= 0.6 is 0 Å². The van der Waals surface area contributed by atoms with Gasteiger partial charge in [0.25, 0.3) is 0 Å². The molecule has 2 N–H and O–H groups in total.